The van der Waals surface area contributed by atoms with Gasteiger partial charge in [-0.2, -0.15) is 5.26 Å². The van der Waals surface area contributed by atoms with Crippen molar-refractivity contribution in [2.75, 3.05) is 0 Å². The molecule has 4 aliphatic rings. The van der Waals surface area contributed by atoms with Crippen LogP contribution in [0.2, 0.25) is 0 Å². The Labute approximate surface area is 145 Å². The first-order valence-electron chi connectivity index (χ1n) is 9.04. The van der Waals surface area contributed by atoms with Gasteiger partial charge in [0, 0.05) is 11.1 Å². The van der Waals surface area contributed by atoms with Gasteiger partial charge in [-0.05, 0) is 72.6 Å². The summed E-state index contributed by atoms with van der Waals surface area (Å²) >= 11 is 0. The number of hydrogen-bond donors (Lipinski definition) is 2. The van der Waals surface area contributed by atoms with Gasteiger partial charge in [0.15, 0.2) is 0 Å². The molecule has 1 aromatic carbocycles. The van der Waals surface area contributed by atoms with Gasteiger partial charge in [-0.15, -0.1) is 0 Å². The van der Waals surface area contributed by atoms with E-state index in [0.29, 0.717) is 46.8 Å². The fourth-order valence-electron chi connectivity index (χ4n) is 6.48. The number of nitrogens with zero attached hydrogens (tertiary/aromatic N) is 2. The second kappa shape index (κ2) is 4.29. The SMILES string of the molecule is N#Cc1ccc(-n2c(O)c3c(c2O)C2CC3C3C4C=CC(C4)C23)cc1. The van der Waals surface area contributed by atoms with E-state index in [4.69, 9.17) is 5.26 Å². The number of benzene rings is 1. The van der Waals surface area contributed by atoms with Crippen molar-refractivity contribution in [3.8, 4) is 23.5 Å². The third-order valence-corrected chi connectivity index (χ3v) is 7.21. The summed E-state index contributed by atoms with van der Waals surface area (Å²) in [6, 6.07) is 9.09. The molecule has 6 rings (SSSR count). The molecule has 2 saturated carbocycles. The Hall–Kier alpha value is -2.67. The Morgan fingerprint density at radius 2 is 1.44 bits per heavy atom. The van der Waals surface area contributed by atoms with E-state index in [9.17, 15) is 10.2 Å². The molecule has 6 atom stereocenters. The summed E-state index contributed by atoms with van der Waals surface area (Å²) in [6.45, 7) is 0. The maximum Gasteiger partial charge on any atom is 0.202 e. The van der Waals surface area contributed by atoms with Crippen LogP contribution in [0.5, 0.6) is 11.8 Å². The summed E-state index contributed by atoms with van der Waals surface area (Å²) < 4.78 is 1.56. The third-order valence-electron chi connectivity index (χ3n) is 7.21. The van der Waals surface area contributed by atoms with E-state index in [1.54, 1.807) is 28.8 Å². The first kappa shape index (κ1) is 13.6. The van der Waals surface area contributed by atoms with Crippen LogP contribution >= 0.6 is 0 Å². The molecule has 1 heterocycles. The molecule has 4 nitrogen and oxygen atoms in total. The molecule has 4 heteroatoms. The Balaban J connectivity index is 1.51. The minimum absolute atomic E-state index is 0.190. The van der Waals surface area contributed by atoms with Crippen molar-refractivity contribution in [1.29, 1.82) is 5.26 Å². The van der Waals surface area contributed by atoms with Gasteiger partial charge in [0.05, 0.1) is 17.3 Å². The molecule has 0 aliphatic heterocycles. The van der Waals surface area contributed by atoms with Crippen molar-refractivity contribution in [3.05, 3.63) is 53.1 Å². The molecule has 0 saturated heterocycles. The molecule has 124 valence electrons. The molecule has 0 spiro atoms. The second-order valence-corrected chi connectivity index (χ2v) is 8.02. The van der Waals surface area contributed by atoms with Crippen LogP contribution in [0.1, 0.15) is 41.4 Å². The molecule has 1 aromatic heterocycles. The van der Waals surface area contributed by atoms with Crippen LogP contribution in [0.3, 0.4) is 0 Å². The number of aromatic nitrogens is 1. The summed E-state index contributed by atoms with van der Waals surface area (Å²) in [4.78, 5) is 0. The molecule has 4 aliphatic carbocycles. The normalized spacial score (nSPS) is 35.8. The van der Waals surface area contributed by atoms with Crippen LogP contribution in [0.15, 0.2) is 36.4 Å². The molecule has 2 N–H and O–H groups in total. The van der Waals surface area contributed by atoms with Crippen LogP contribution in [0.25, 0.3) is 5.69 Å². The van der Waals surface area contributed by atoms with E-state index in [2.05, 4.69) is 18.2 Å². The average Bonchev–Trinajstić information content (AvgIpc) is 3.40. The molecular weight excluding hydrogens is 312 g/mol. The van der Waals surface area contributed by atoms with E-state index >= 15 is 0 Å². The summed E-state index contributed by atoms with van der Waals surface area (Å²) in [5, 5.41) is 30.9. The largest absolute Gasteiger partial charge is 0.494 e. The van der Waals surface area contributed by atoms with Crippen molar-refractivity contribution in [1.82, 2.24) is 4.57 Å². The molecule has 0 radical (unpaired) electrons. The monoisotopic (exact) mass is 330 g/mol. The van der Waals surface area contributed by atoms with Crippen molar-refractivity contribution in [2.45, 2.75) is 24.7 Å². The number of hydrogen-bond acceptors (Lipinski definition) is 3. The smallest absolute Gasteiger partial charge is 0.202 e. The van der Waals surface area contributed by atoms with E-state index < -0.39 is 0 Å². The van der Waals surface area contributed by atoms with Crippen molar-refractivity contribution >= 4 is 0 Å². The number of fused-ring (bicyclic) bond motifs is 12. The van der Waals surface area contributed by atoms with Crippen molar-refractivity contribution < 1.29 is 10.2 Å². The van der Waals surface area contributed by atoms with E-state index in [-0.39, 0.29) is 11.8 Å². The molecule has 0 amide bonds. The maximum absolute atomic E-state index is 10.9. The zero-order valence-electron chi connectivity index (χ0n) is 13.6. The lowest BCUT2D eigenvalue weighted by Gasteiger charge is -2.31. The lowest BCUT2D eigenvalue weighted by molar-refractivity contribution is 0.298. The topological polar surface area (TPSA) is 69.2 Å². The Bertz CT molecular complexity index is 931. The lowest BCUT2D eigenvalue weighted by atomic mass is 9.72. The summed E-state index contributed by atoms with van der Waals surface area (Å²) in [5.74, 6) is 3.69. The maximum atomic E-state index is 10.9. The number of aromatic hydroxyl groups is 2. The second-order valence-electron chi connectivity index (χ2n) is 8.02. The summed E-state index contributed by atoms with van der Waals surface area (Å²) in [6.07, 6.45) is 7.08. The highest BCUT2D eigenvalue weighted by atomic mass is 16.3. The predicted molar refractivity (Wildman–Crippen MR) is 91.6 cm³/mol. The van der Waals surface area contributed by atoms with Crippen LogP contribution in [-0.2, 0) is 0 Å². The van der Waals surface area contributed by atoms with Crippen LogP contribution in [-0.4, -0.2) is 14.8 Å². The first-order chi connectivity index (χ1) is 12.2. The average molecular weight is 330 g/mol. The molecule has 2 fully saturated rings. The molecule has 6 unspecified atom stereocenters. The molecule has 25 heavy (non-hydrogen) atoms. The fraction of sp³-hybridized carbons (Fsp3) is 0.381. The highest BCUT2D eigenvalue weighted by molar-refractivity contribution is 5.61. The fourth-order valence-corrected chi connectivity index (χ4v) is 6.48. The van der Waals surface area contributed by atoms with Gasteiger partial charge in [0.25, 0.3) is 0 Å². The minimum Gasteiger partial charge on any atom is -0.494 e. The van der Waals surface area contributed by atoms with Gasteiger partial charge in [0.1, 0.15) is 0 Å². The highest BCUT2D eigenvalue weighted by Gasteiger charge is 2.62. The summed E-state index contributed by atoms with van der Waals surface area (Å²) in [5.41, 5.74) is 3.23. The Kier molecular flexibility index (Phi) is 2.33. The highest BCUT2D eigenvalue weighted by Crippen LogP contribution is 2.72. The third kappa shape index (κ3) is 1.44. The zero-order valence-corrected chi connectivity index (χ0v) is 13.6. The number of rotatable bonds is 1. The van der Waals surface area contributed by atoms with Crippen LogP contribution < -0.4 is 0 Å². The number of nitriles is 1. The number of allylic oxidation sites excluding steroid dienone is 2. The van der Waals surface area contributed by atoms with E-state index in [0.717, 1.165) is 17.5 Å². The van der Waals surface area contributed by atoms with Crippen molar-refractivity contribution in [3.63, 3.8) is 0 Å². The van der Waals surface area contributed by atoms with E-state index in [1.165, 1.54) is 6.42 Å². The quantitative estimate of drug-likeness (QED) is 0.617. The van der Waals surface area contributed by atoms with Gasteiger partial charge < -0.3 is 10.2 Å². The van der Waals surface area contributed by atoms with Crippen molar-refractivity contribution in [2.24, 2.45) is 23.7 Å². The Morgan fingerprint density at radius 3 is 1.96 bits per heavy atom. The standard InChI is InChI=1S/C21H18N2O2/c22-9-10-1-5-13(6-2-10)23-20(24)18-14-8-15(19(18)21(23)25)17-12-4-3-11(7-12)16(14)17/h1-6,11-12,14-17,24-25H,7-8H2. The predicted octanol–water partition coefficient (Wildman–Crippen LogP) is 3.78. The van der Waals surface area contributed by atoms with Gasteiger partial charge in [-0.3, -0.25) is 4.57 Å². The van der Waals surface area contributed by atoms with Gasteiger partial charge in [0.2, 0.25) is 11.8 Å². The molecule has 4 bridgehead atoms. The van der Waals surface area contributed by atoms with Gasteiger partial charge in [-0.25, -0.2) is 0 Å². The molecular formula is C21H18N2O2. The minimum atomic E-state index is 0.190. The summed E-state index contributed by atoms with van der Waals surface area (Å²) in [7, 11) is 0. The molecule has 2 aromatic rings. The van der Waals surface area contributed by atoms with Crippen LogP contribution in [0.4, 0.5) is 0 Å². The van der Waals surface area contributed by atoms with Gasteiger partial charge >= 0.3 is 0 Å². The van der Waals surface area contributed by atoms with Crippen LogP contribution in [0, 0.1) is 35.0 Å². The Morgan fingerprint density at radius 1 is 0.880 bits per heavy atom. The zero-order chi connectivity index (χ0) is 16.9. The van der Waals surface area contributed by atoms with Gasteiger partial charge in [-0.1, -0.05) is 12.2 Å². The first-order valence-corrected chi connectivity index (χ1v) is 9.04. The lowest BCUT2D eigenvalue weighted by Crippen LogP contribution is -2.24. The van der Waals surface area contributed by atoms with E-state index in [1.807, 2.05) is 0 Å².